The molecule has 0 saturated carbocycles. The van der Waals surface area contributed by atoms with Crippen LogP contribution >= 0.6 is 11.6 Å². The lowest BCUT2D eigenvalue weighted by Gasteiger charge is -2.14. The van der Waals surface area contributed by atoms with Crippen LogP contribution in [0.3, 0.4) is 0 Å². The summed E-state index contributed by atoms with van der Waals surface area (Å²) in [5.74, 6) is 0.0461. The quantitative estimate of drug-likeness (QED) is 0.531. The summed E-state index contributed by atoms with van der Waals surface area (Å²) in [6.07, 6.45) is 0. The number of nitrogens with two attached hydrogens (primary N) is 1. The number of benzene rings is 1. The summed E-state index contributed by atoms with van der Waals surface area (Å²) in [6, 6.07) is 5.53. The van der Waals surface area contributed by atoms with E-state index in [4.69, 9.17) is 22.7 Å². The van der Waals surface area contributed by atoms with Crippen molar-refractivity contribution >= 4 is 23.1 Å². The lowest BCUT2D eigenvalue weighted by molar-refractivity contribution is 0.899. The molecule has 0 aliphatic rings. The Kier molecular flexibility index (Phi) is 3.36. The zero-order valence-corrected chi connectivity index (χ0v) is 9.02. The van der Waals surface area contributed by atoms with Crippen molar-refractivity contribution in [2.75, 3.05) is 5.32 Å². The van der Waals surface area contributed by atoms with Crippen molar-refractivity contribution in [3.05, 3.63) is 28.8 Å². The van der Waals surface area contributed by atoms with Crippen LogP contribution in [0, 0.1) is 5.41 Å². The van der Waals surface area contributed by atoms with Crippen LogP contribution in [-0.4, -0.2) is 11.9 Å². The molecule has 0 atom stereocenters. The third-order valence-electron chi connectivity index (χ3n) is 1.72. The van der Waals surface area contributed by atoms with Gasteiger partial charge in [-0.25, -0.2) is 0 Å². The number of nitrogens with one attached hydrogen (secondary N) is 2. The summed E-state index contributed by atoms with van der Waals surface area (Å²) in [7, 11) is 0. The van der Waals surface area contributed by atoms with Gasteiger partial charge in [0.25, 0.3) is 0 Å². The first-order chi connectivity index (χ1) is 6.50. The number of halogens is 1. The third-order valence-corrected chi connectivity index (χ3v) is 1.95. The third kappa shape index (κ3) is 2.64. The predicted molar refractivity (Wildman–Crippen MR) is 61.2 cm³/mol. The molecular weight excluding hydrogens is 198 g/mol. The van der Waals surface area contributed by atoms with E-state index in [1.165, 1.54) is 0 Å². The second-order valence-corrected chi connectivity index (χ2v) is 3.84. The Bertz CT molecular complexity index is 347. The first-order valence-corrected chi connectivity index (χ1v) is 4.79. The molecule has 76 valence electrons. The largest absolute Gasteiger partial charge is 0.384 e. The van der Waals surface area contributed by atoms with Crippen LogP contribution in [0.4, 0.5) is 5.69 Å². The molecule has 0 fully saturated rings. The number of nitrogen functional groups attached to an aromatic ring is 1. The van der Waals surface area contributed by atoms with Crippen LogP contribution in [-0.2, 0) is 0 Å². The highest BCUT2D eigenvalue weighted by molar-refractivity contribution is 6.31. The molecule has 0 heterocycles. The average Bonchev–Trinajstić information content (AvgIpc) is 2.01. The van der Waals surface area contributed by atoms with Crippen molar-refractivity contribution in [2.24, 2.45) is 5.73 Å². The highest BCUT2D eigenvalue weighted by Crippen LogP contribution is 2.21. The maximum absolute atomic E-state index is 7.39. The molecule has 1 rings (SSSR count). The second-order valence-electron chi connectivity index (χ2n) is 3.40. The fourth-order valence-corrected chi connectivity index (χ4v) is 1.35. The van der Waals surface area contributed by atoms with Gasteiger partial charge in [-0.3, -0.25) is 5.41 Å². The zero-order valence-electron chi connectivity index (χ0n) is 8.26. The molecule has 0 aliphatic heterocycles. The number of hydrogen-bond acceptors (Lipinski definition) is 2. The van der Waals surface area contributed by atoms with Crippen molar-refractivity contribution < 1.29 is 0 Å². The monoisotopic (exact) mass is 211 g/mol. The van der Waals surface area contributed by atoms with Crippen LogP contribution in [0.5, 0.6) is 0 Å². The summed E-state index contributed by atoms with van der Waals surface area (Å²) >= 11 is 5.85. The minimum Gasteiger partial charge on any atom is -0.384 e. The molecule has 0 aromatic heterocycles. The number of rotatable bonds is 3. The Labute approximate surface area is 88.8 Å². The van der Waals surface area contributed by atoms with Crippen LogP contribution in [0.15, 0.2) is 18.2 Å². The first-order valence-electron chi connectivity index (χ1n) is 4.41. The zero-order chi connectivity index (χ0) is 10.7. The Balaban J connectivity index is 3.09. The summed E-state index contributed by atoms with van der Waals surface area (Å²) in [5, 5.41) is 11.2. The van der Waals surface area contributed by atoms with Gasteiger partial charge in [-0.05, 0) is 32.0 Å². The number of anilines is 1. The Morgan fingerprint density at radius 3 is 2.64 bits per heavy atom. The maximum Gasteiger partial charge on any atom is 0.124 e. The average molecular weight is 212 g/mol. The van der Waals surface area contributed by atoms with Gasteiger partial charge in [0.05, 0.1) is 0 Å². The fraction of sp³-hybridized carbons (Fsp3) is 0.300. The van der Waals surface area contributed by atoms with Gasteiger partial charge in [-0.1, -0.05) is 11.6 Å². The van der Waals surface area contributed by atoms with Crippen LogP contribution in [0.25, 0.3) is 0 Å². The Morgan fingerprint density at radius 2 is 2.14 bits per heavy atom. The van der Waals surface area contributed by atoms with E-state index in [2.05, 4.69) is 5.32 Å². The molecular formula is C10H14ClN3. The number of hydrogen-bond donors (Lipinski definition) is 3. The molecule has 4 N–H and O–H groups in total. The Hall–Kier alpha value is -1.22. The molecule has 0 bridgehead atoms. The van der Waals surface area contributed by atoms with Crippen molar-refractivity contribution in [1.29, 1.82) is 5.41 Å². The molecule has 1 aromatic rings. The Morgan fingerprint density at radius 1 is 1.50 bits per heavy atom. The van der Waals surface area contributed by atoms with Crippen LogP contribution < -0.4 is 11.1 Å². The standard InChI is InChI=1S/C10H14ClN3/c1-6(2)14-9-5-7(11)3-4-8(9)10(12)13/h3-6,14H,1-2H3,(H3,12,13). The SMILES string of the molecule is CC(C)Nc1cc(Cl)ccc1C(=N)N. The molecule has 0 saturated heterocycles. The topological polar surface area (TPSA) is 61.9 Å². The van der Waals surface area contributed by atoms with Crippen LogP contribution in [0.2, 0.25) is 5.02 Å². The minimum absolute atomic E-state index is 0.0461. The van der Waals surface area contributed by atoms with Gasteiger partial charge < -0.3 is 11.1 Å². The maximum atomic E-state index is 7.39. The smallest absolute Gasteiger partial charge is 0.124 e. The normalized spacial score (nSPS) is 10.3. The van der Waals surface area contributed by atoms with E-state index in [-0.39, 0.29) is 11.9 Å². The predicted octanol–water partition coefficient (Wildman–Crippen LogP) is 2.44. The van der Waals surface area contributed by atoms with Crippen LogP contribution in [0.1, 0.15) is 19.4 Å². The van der Waals surface area contributed by atoms with E-state index in [1.54, 1.807) is 18.2 Å². The van der Waals surface area contributed by atoms with Crippen molar-refractivity contribution in [2.45, 2.75) is 19.9 Å². The summed E-state index contributed by atoms with van der Waals surface area (Å²) in [5.41, 5.74) is 6.93. The van der Waals surface area contributed by atoms with Gasteiger partial charge >= 0.3 is 0 Å². The van der Waals surface area contributed by atoms with Gasteiger partial charge in [0.15, 0.2) is 0 Å². The van der Waals surface area contributed by atoms with Gasteiger partial charge in [0.1, 0.15) is 5.84 Å². The molecule has 0 spiro atoms. The lowest BCUT2D eigenvalue weighted by atomic mass is 10.1. The fourth-order valence-electron chi connectivity index (χ4n) is 1.18. The van der Waals surface area contributed by atoms with Gasteiger partial charge in [-0.15, -0.1) is 0 Å². The summed E-state index contributed by atoms with van der Waals surface area (Å²) in [4.78, 5) is 0. The molecule has 0 amide bonds. The highest BCUT2D eigenvalue weighted by Gasteiger charge is 2.06. The molecule has 0 aliphatic carbocycles. The minimum atomic E-state index is 0.0461. The first kappa shape index (κ1) is 10.9. The number of amidine groups is 1. The molecule has 4 heteroatoms. The molecule has 1 aromatic carbocycles. The summed E-state index contributed by atoms with van der Waals surface area (Å²) in [6.45, 7) is 4.04. The van der Waals surface area contributed by atoms with Crippen molar-refractivity contribution in [3.8, 4) is 0 Å². The van der Waals surface area contributed by atoms with Gasteiger partial charge in [-0.2, -0.15) is 0 Å². The van der Waals surface area contributed by atoms with Gasteiger partial charge in [0.2, 0.25) is 0 Å². The van der Waals surface area contributed by atoms with Crippen molar-refractivity contribution in [3.63, 3.8) is 0 Å². The lowest BCUT2D eigenvalue weighted by Crippen LogP contribution is -2.17. The summed E-state index contributed by atoms with van der Waals surface area (Å²) < 4.78 is 0. The van der Waals surface area contributed by atoms with E-state index in [1.807, 2.05) is 13.8 Å². The molecule has 0 unspecified atom stereocenters. The highest BCUT2D eigenvalue weighted by atomic mass is 35.5. The van der Waals surface area contributed by atoms with E-state index in [0.717, 1.165) is 5.69 Å². The van der Waals surface area contributed by atoms with E-state index in [0.29, 0.717) is 10.6 Å². The van der Waals surface area contributed by atoms with E-state index >= 15 is 0 Å². The van der Waals surface area contributed by atoms with Crippen molar-refractivity contribution in [1.82, 2.24) is 0 Å². The second kappa shape index (κ2) is 4.33. The molecule has 14 heavy (non-hydrogen) atoms. The molecule has 3 nitrogen and oxygen atoms in total. The van der Waals surface area contributed by atoms with E-state index < -0.39 is 0 Å². The van der Waals surface area contributed by atoms with Gasteiger partial charge in [0, 0.05) is 22.3 Å². The van der Waals surface area contributed by atoms with E-state index in [9.17, 15) is 0 Å². The molecule has 0 radical (unpaired) electrons.